The number of hydrogen-bond acceptors (Lipinski definition) is 5. The molecule has 21 heavy (non-hydrogen) atoms. The molecular weight excluding hydrogens is 268 g/mol. The third-order valence-corrected chi connectivity index (χ3v) is 4.14. The largest absolute Gasteiger partial charge is 0.481 e. The van der Waals surface area contributed by atoms with Crippen LogP contribution in [0.1, 0.15) is 41.6 Å². The lowest BCUT2D eigenvalue weighted by atomic mass is 10.0. The zero-order valence-corrected chi connectivity index (χ0v) is 13.1. The van der Waals surface area contributed by atoms with Crippen LogP contribution in [0.15, 0.2) is 10.6 Å². The van der Waals surface area contributed by atoms with Gasteiger partial charge in [0.05, 0.1) is 30.6 Å². The van der Waals surface area contributed by atoms with Gasteiger partial charge in [-0.25, -0.2) is 4.68 Å². The van der Waals surface area contributed by atoms with E-state index in [1.54, 1.807) is 7.11 Å². The maximum atomic E-state index is 5.55. The highest BCUT2D eigenvalue weighted by Gasteiger charge is 2.32. The minimum absolute atomic E-state index is 0.332. The fourth-order valence-electron chi connectivity index (χ4n) is 3.31. The summed E-state index contributed by atoms with van der Waals surface area (Å²) in [5, 5.41) is 8.47. The lowest BCUT2D eigenvalue weighted by Crippen LogP contribution is -2.23. The Morgan fingerprint density at radius 3 is 2.90 bits per heavy atom. The number of ether oxygens (including phenoxy) is 1. The molecule has 0 bridgehead atoms. The molecule has 1 saturated heterocycles. The fourth-order valence-corrected chi connectivity index (χ4v) is 3.31. The van der Waals surface area contributed by atoms with E-state index in [0.29, 0.717) is 6.04 Å². The minimum Gasteiger partial charge on any atom is -0.481 e. The summed E-state index contributed by atoms with van der Waals surface area (Å²) in [5.74, 6) is 1.78. The van der Waals surface area contributed by atoms with Crippen LogP contribution in [-0.2, 0) is 13.6 Å². The van der Waals surface area contributed by atoms with Gasteiger partial charge in [-0.3, -0.25) is 4.90 Å². The molecule has 1 fully saturated rings. The predicted octanol–water partition coefficient (Wildman–Crippen LogP) is 2.37. The summed E-state index contributed by atoms with van der Waals surface area (Å²) in [6.07, 6.45) is 2.30. The average Bonchev–Trinajstić information content (AvgIpc) is 3.10. The Labute approximate surface area is 124 Å². The second kappa shape index (κ2) is 5.52. The maximum absolute atomic E-state index is 5.55. The third-order valence-electron chi connectivity index (χ3n) is 4.14. The molecule has 114 valence electrons. The van der Waals surface area contributed by atoms with Crippen LogP contribution < -0.4 is 4.74 Å². The van der Waals surface area contributed by atoms with E-state index < -0.39 is 0 Å². The van der Waals surface area contributed by atoms with Crippen LogP contribution >= 0.6 is 0 Å². The molecule has 0 aliphatic carbocycles. The van der Waals surface area contributed by atoms with Gasteiger partial charge in [0.2, 0.25) is 5.88 Å². The van der Waals surface area contributed by atoms with E-state index in [1.807, 2.05) is 31.6 Å². The predicted molar refractivity (Wildman–Crippen MR) is 78.1 cm³/mol. The molecule has 0 N–H and O–H groups in total. The van der Waals surface area contributed by atoms with Crippen LogP contribution in [-0.4, -0.2) is 33.5 Å². The van der Waals surface area contributed by atoms with Crippen LogP contribution in [0.4, 0.5) is 0 Å². The van der Waals surface area contributed by atoms with E-state index in [9.17, 15) is 0 Å². The van der Waals surface area contributed by atoms with Gasteiger partial charge in [0.1, 0.15) is 0 Å². The molecule has 1 atom stereocenters. The van der Waals surface area contributed by atoms with Crippen molar-refractivity contribution in [1.82, 2.24) is 19.8 Å². The van der Waals surface area contributed by atoms with E-state index in [2.05, 4.69) is 15.2 Å². The van der Waals surface area contributed by atoms with Gasteiger partial charge in [-0.1, -0.05) is 5.16 Å². The highest BCUT2D eigenvalue weighted by atomic mass is 16.5. The van der Waals surface area contributed by atoms with E-state index in [0.717, 1.165) is 42.5 Å². The van der Waals surface area contributed by atoms with Crippen molar-refractivity contribution >= 4 is 0 Å². The molecule has 3 heterocycles. The standard InChI is InChI=1S/C15H22N4O2/c1-10-8-12(21-17-10)9-19-7-5-6-13(19)14-11(2)16-18(3)15(14)20-4/h8,13H,5-7,9H2,1-4H3/t13-/m1/s1. The summed E-state index contributed by atoms with van der Waals surface area (Å²) in [4.78, 5) is 2.42. The van der Waals surface area contributed by atoms with Crippen molar-refractivity contribution in [3.8, 4) is 5.88 Å². The summed E-state index contributed by atoms with van der Waals surface area (Å²) < 4.78 is 12.7. The Hall–Kier alpha value is -1.82. The van der Waals surface area contributed by atoms with E-state index in [-0.39, 0.29) is 0 Å². The van der Waals surface area contributed by atoms with Crippen molar-refractivity contribution in [3.63, 3.8) is 0 Å². The number of aryl methyl sites for hydroxylation is 3. The molecule has 0 saturated carbocycles. The van der Waals surface area contributed by atoms with Crippen LogP contribution in [0.25, 0.3) is 0 Å². The Morgan fingerprint density at radius 2 is 2.24 bits per heavy atom. The monoisotopic (exact) mass is 290 g/mol. The fraction of sp³-hybridized carbons (Fsp3) is 0.600. The Morgan fingerprint density at radius 1 is 1.43 bits per heavy atom. The topological polar surface area (TPSA) is 56.3 Å². The van der Waals surface area contributed by atoms with Crippen LogP contribution in [0.3, 0.4) is 0 Å². The minimum atomic E-state index is 0.332. The lowest BCUT2D eigenvalue weighted by Gasteiger charge is -2.23. The van der Waals surface area contributed by atoms with Crippen molar-refractivity contribution in [2.45, 2.75) is 39.3 Å². The second-order valence-electron chi connectivity index (χ2n) is 5.70. The molecule has 0 amide bonds. The molecule has 0 unspecified atom stereocenters. The van der Waals surface area contributed by atoms with Gasteiger partial charge in [0, 0.05) is 19.2 Å². The van der Waals surface area contributed by atoms with Gasteiger partial charge in [0.15, 0.2) is 5.76 Å². The van der Waals surface area contributed by atoms with E-state index in [4.69, 9.17) is 9.26 Å². The molecule has 0 radical (unpaired) electrons. The smallest absolute Gasteiger partial charge is 0.216 e. The summed E-state index contributed by atoms with van der Waals surface area (Å²) in [5.41, 5.74) is 3.17. The van der Waals surface area contributed by atoms with Crippen molar-refractivity contribution < 1.29 is 9.26 Å². The molecule has 3 rings (SSSR count). The molecule has 2 aromatic rings. The average molecular weight is 290 g/mol. The highest BCUT2D eigenvalue weighted by molar-refractivity contribution is 5.35. The summed E-state index contributed by atoms with van der Waals surface area (Å²) in [6, 6.07) is 2.34. The molecule has 1 aliphatic rings. The third kappa shape index (κ3) is 2.55. The van der Waals surface area contributed by atoms with E-state index >= 15 is 0 Å². The second-order valence-corrected chi connectivity index (χ2v) is 5.70. The SMILES string of the molecule is COc1c([C@H]2CCCN2Cc2cc(C)no2)c(C)nn1C. The normalized spacial score (nSPS) is 19.3. The Kier molecular flexibility index (Phi) is 3.71. The molecule has 2 aromatic heterocycles. The van der Waals surface area contributed by atoms with Crippen molar-refractivity contribution in [2.24, 2.45) is 7.05 Å². The maximum Gasteiger partial charge on any atom is 0.216 e. The van der Waals surface area contributed by atoms with Gasteiger partial charge >= 0.3 is 0 Å². The molecular formula is C15H22N4O2. The number of nitrogens with zero attached hydrogens (tertiary/aromatic N) is 4. The molecule has 0 aromatic carbocycles. The molecule has 6 nitrogen and oxygen atoms in total. The first-order chi connectivity index (χ1) is 10.1. The van der Waals surface area contributed by atoms with Crippen molar-refractivity contribution in [1.29, 1.82) is 0 Å². The summed E-state index contributed by atoms with van der Waals surface area (Å²) in [7, 11) is 3.63. The van der Waals surface area contributed by atoms with Crippen LogP contribution in [0.2, 0.25) is 0 Å². The Balaban J connectivity index is 1.87. The zero-order valence-electron chi connectivity index (χ0n) is 13.1. The number of methoxy groups -OCH3 is 1. The van der Waals surface area contributed by atoms with Crippen molar-refractivity contribution in [2.75, 3.05) is 13.7 Å². The molecule has 1 aliphatic heterocycles. The van der Waals surface area contributed by atoms with Gasteiger partial charge in [0.25, 0.3) is 0 Å². The lowest BCUT2D eigenvalue weighted by molar-refractivity contribution is 0.212. The zero-order chi connectivity index (χ0) is 15.0. The quantitative estimate of drug-likeness (QED) is 0.865. The van der Waals surface area contributed by atoms with Crippen LogP contribution in [0, 0.1) is 13.8 Å². The van der Waals surface area contributed by atoms with Gasteiger partial charge in [-0.2, -0.15) is 5.10 Å². The first-order valence-electron chi connectivity index (χ1n) is 7.34. The Bertz CT molecular complexity index is 632. The number of hydrogen-bond donors (Lipinski definition) is 0. The molecule has 6 heteroatoms. The summed E-state index contributed by atoms with van der Waals surface area (Å²) in [6.45, 7) is 5.83. The first-order valence-corrected chi connectivity index (χ1v) is 7.34. The van der Waals surface area contributed by atoms with E-state index in [1.165, 1.54) is 12.0 Å². The first kappa shape index (κ1) is 14.1. The van der Waals surface area contributed by atoms with Gasteiger partial charge in [-0.15, -0.1) is 0 Å². The van der Waals surface area contributed by atoms with Gasteiger partial charge < -0.3 is 9.26 Å². The number of aromatic nitrogens is 3. The highest BCUT2D eigenvalue weighted by Crippen LogP contribution is 2.39. The molecule has 0 spiro atoms. The van der Waals surface area contributed by atoms with Gasteiger partial charge in [-0.05, 0) is 33.2 Å². The summed E-state index contributed by atoms with van der Waals surface area (Å²) >= 11 is 0. The number of likely N-dealkylation sites (tertiary alicyclic amines) is 1. The van der Waals surface area contributed by atoms with Crippen molar-refractivity contribution in [3.05, 3.63) is 28.8 Å². The van der Waals surface area contributed by atoms with Crippen LogP contribution in [0.5, 0.6) is 5.88 Å². The number of rotatable bonds is 4.